The zero-order chi connectivity index (χ0) is 13.5. The van der Waals surface area contributed by atoms with E-state index in [0.29, 0.717) is 5.75 Å². The Kier molecular flexibility index (Phi) is 4.59. The molecule has 0 unspecified atom stereocenters. The Hall–Kier alpha value is -2.26. The molecule has 0 bridgehead atoms. The predicted octanol–water partition coefficient (Wildman–Crippen LogP) is 3.23. The Morgan fingerprint density at radius 3 is 1.95 bits per heavy atom. The van der Waals surface area contributed by atoms with E-state index in [4.69, 9.17) is 9.84 Å². The molecular formula is C16H17NO2. The number of nitrogens with one attached hydrogen (secondary N) is 1. The number of rotatable bonds is 5. The molecule has 0 aromatic heterocycles. The van der Waals surface area contributed by atoms with Crippen LogP contribution in [-0.2, 0) is 0 Å². The number of ether oxygens (including phenoxy) is 1. The van der Waals surface area contributed by atoms with Gasteiger partial charge in [-0.1, -0.05) is 36.4 Å². The Labute approximate surface area is 113 Å². The van der Waals surface area contributed by atoms with E-state index in [0.717, 1.165) is 16.8 Å². The van der Waals surface area contributed by atoms with Crippen LogP contribution in [0, 0.1) is 0 Å². The van der Waals surface area contributed by atoms with Crippen molar-refractivity contribution in [2.24, 2.45) is 0 Å². The topological polar surface area (TPSA) is 41.5 Å². The average molecular weight is 255 g/mol. The van der Waals surface area contributed by atoms with Crippen molar-refractivity contribution in [2.75, 3.05) is 19.2 Å². The summed E-state index contributed by atoms with van der Waals surface area (Å²) in [6.45, 7) is -0.299. The third-order valence-electron chi connectivity index (χ3n) is 2.78. The Morgan fingerprint density at radius 1 is 0.947 bits per heavy atom. The maximum absolute atomic E-state index is 8.64. The lowest BCUT2D eigenvalue weighted by atomic mass is 10.1. The van der Waals surface area contributed by atoms with Crippen molar-refractivity contribution < 1.29 is 9.84 Å². The fraction of sp³-hybridized carbons (Fsp3) is 0.125. The first-order valence-electron chi connectivity index (χ1n) is 6.11. The first-order chi connectivity index (χ1) is 9.31. The van der Waals surface area contributed by atoms with Crippen molar-refractivity contribution in [1.29, 1.82) is 0 Å². The highest BCUT2D eigenvalue weighted by molar-refractivity contribution is 5.70. The second-order valence-electron chi connectivity index (χ2n) is 4.05. The van der Waals surface area contributed by atoms with Crippen molar-refractivity contribution in [3.8, 4) is 5.75 Å². The van der Waals surface area contributed by atoms with Gasteiger partial charge in [0.15, 0.2) is 6.79 Å². The van der Waals surface area contributed by atoms with Crippen molar-refractivity contribution in [1.82, 2.24) is 0 Å². The van der Waals surface area contributed by atoms with Crippen molar-refractivity contribution >= 4 is 17.8 Å². The number of aliphatic hydroxyl groups is 1. The monoisotopic (exact) mass is 255 g/mol. The van der Waals surface area contributed by atoms with Gasteiger partial charge in [-0.05, 0) is 35.4 Å². The first-order valence-corrected chi connectivity index (χ1v) is 6.11. The Balaban J connectivity index is 2.04. The highest BCUT2D eigenvalue weighted by Gasteiger charge is 1.92. The summed E-state index contributed by atoms with van der Waals surface area (Å²) < 4.78 is 4.97. The van der Waals surface area contributed by atoms with E-state index >= 15 is 0 Å². The minimum Gasteiger partial charge on any atom is -0.468 e. The van der Waals surface area contributed by atoms with Gasteiger partial charge in [-0.15, -0.1) is 0 Å². The van der Waals surface area contributed by atoms with Crippen molar-refractivity contribution in [3.63, 3.8) is 0 Å². The van der Waals surface area contributed by atoms with Crippen LogP contribution in [0.5, 0.6) is 5.75 Å². The molecule has 2 N–H and O–H groups in total. The van der Waals surface area contributed by atoms with Gasteiger partial charge in [-0.3, -0.25) is 0 Å². The molecular weight excluding hydrogens is 238 g/mol. The molecule has 0 aliphatic rings. The maximum Gasteiger partial charge on any atom is 0.186 e. The van der Waals surface area contributed by atoms with E-state index in [1.54, 1.807) is 0 Å². The minimum absolute atomic E-state index is 0.299. The van der Waals surface area contributed by atoms with Crippen molar-refractivity contribution in [3.05, 3.63) is 59.7 Å². The zero-order valence-electron chi connectivity index (χ0n) is 10.8. The molecule has 0 spiro atoms. The normalized spacial score (nSPS) is 10.6. The first kappa shape index (κ1) is 13.2. The highest BCUT2D eigenvalue weighted by Crippen LogP contribution is 2.15. The summed E-state index contributed by atoms with van der Waals surface area (Å²) in [5, 5.41) is 11.7. The molecule has 0 heterocycles. The molecule has 0 fully saturated rings. The van der Waals surface area contributed by atoms with E-state index in [9.17, 15) is 0 Å². The van der Waals surface area contributed by atoms with Crippen LogP contribution in [0.4, 0.5) is 5.69 Å². The number of hydrogen-bond donors (Lipinski definition) is 2. The maximum atomic E-state index is 8.64. The van der Waals surface area contributed by atoms with E-state index < -0.39 is 0 Å². The van der Waals surface area contributed by atoms with Crippen LogP contribution < -0.4 is 10.1 Å². The quantitative estimate of drug-likeness (QED) is 0.636. The summed E-state index contributed by atoms with van der Waals surface area (Å²) in [6.07, 6.45) is 4.10. The minimum atomic E-state index is -0.299. The van der Waals surface area contributed by atoms with Gasteiger partial charge in [0.25, 0.3) is 0 Å². The molecule has 2 rings (SSSR count). The van der Waals surface area contributed by atoms with E-state index in [1.807, 2.05) is 49.5 Å². The Bertz CT molecular complexity index is 530. The number of anilines is 1. The molecule has 0 saturated heterocycles. The van der Waals surface area contributed by atoms with Gasteiger partial charge in [0.05, 0.1) is 0 Å². The second kappa shape index (κ2) is 6.61. The SMILES string of the molecule is CNc1ccc(/C=C/c2ccc(OCO)cc2)cc1. The number of aliphatic hydroxyl groups excluding tert-OH is 1. The summed E-state index contributed by atoms with van der Waals surface area (Å²) in [5.41, 5.74) is 3.33. The van der Waals surface area contributed by atoms with Gasteiger partial charge >= 0.3 is 0 Å². The molecule has 3 heteroatoms. The van der Waals surface area contributed by atoms with Gasteiger partial charge in [0, 0.05) is 12.7 Å². The largest absolute Gasteiger partial charge is 0.468 e. The summed E-state index contributed by atoms with van der Waals surface area (Å²) in [6, 6.07) is 15.8. The number of hydrogen-bond acceptors (Lipinski definition) is 3. The molecule has 2 aromatic carbocycles. The van der Waals surface area contributed by atoms with Crippen LogP contribution >= 0.6 is 0 Å². The van der Waals surface area contributed by atoms with Gasteiger partial charge in [0.2, 0.25) is 0 Å². The van der Waals surface area contributed by atoms with Crippen LogP contribution in [0.25, 0.3) is 12.2 Å². The van der Waals surface area contributed by atoms with E-state index in [2.05, 4.69) is 23.5 Å². The summed E-state index contributed by atoms with van der Waals surface area (Å²) in [4.78, 5) is 0. The third kappa shape index (κ3) is 3.86. The fourth-order valence-electron chi connectivity index (χ4n) is 1.70. The summed E-state index contributed by atoms with van der Waals surface area (Å²) >= 11 is 0. The van der Waals surface area contributed by atoms with Crippen LogP contribution in [0.2, 0.25) is 0 Å². The summed E-state index contributed by atoms with van der Waals surface area (Å²) in [7, 11) is 1.90. The van der Waals surface area contributed by atoms with Crippen molar-refractivity contribution in [2.45, 2.75) is 0 Å². The smallest absolute Gasteiger partial charge is 0.186 e. The predicted molar refractivity (Wildman–Crippen MR) is 79.1 cm³/mol. The highest BCUT2D eigenvalue weighted by atomic mass is 16.6. The van der Waals surface area contributed by atoms with Crippen LogP contribution in [0.3, 0.4) is 0 Å². The average Bonchev–Trinajstić information content (AvgIpc) is 2.47. The molecule has 98 valence electrons. The van der Waals surface area contributed by atoms with Gasteiger partial charge < -0.3 is 15.2 Å². The van der Waals surface area contributed by atoms with Crippen LogP contribution in [0.1, 0.15) is 11.1 Å². The molecule has 0 saturated carbocycles. The molecule has 19 heavy (non-hydrogen) atoms. The molecule has 0 radical (unpaired) electrons. The van der Waals surface area contributed by atoms with Gasteiger partial charge in [-0.2, -0.15) is 0 Å². The molecule has 3 nitrogen and oxygen atoms in total. The van der Waals surface area contributed by atoms with Crippen LogP contribution in [-0.4, -0.2) is 18.9 Å². The second-order valence-corrected chi connectivity index (χ2v) is 4.05. The fourth-order valence-corrected chi connectivity index (χ4v) is 1.70. The Morgan fingerprint density at radius 2 is 1.47 bits per heavy atom. The van der Waals surface area contributed by atoms with Gasteiger partial charge in [0.1, 0.15) is 5.75 Å². The van der Waals surface area contributed by atoms with Crippen LogP contribution in [0.15, 0.2) is 48.5 Å². The van der Waals surface area contributed by atoms with E-state index in [1.165, 1.54) is 0 Å². The van der Waals surface area contributed by atoms with E-state index in [-0.39, 0.29) is 6.79 Å². The van der Waals surface area contributed by atoms with Gasteiger partial charge in [-0.25, -0.2) is 0 Å². The lowest BCUT2D eigenvalue weighted by Gasteiger charge is -2.02. The molecule has 0 aliphatic heterocycles. The molecule has 0 amide bonds. The zero-order valence-corrected chi connectivity index (χ0v) is 10.8. The standard InChI is InChI=1S/C16H17NO2/c1-17-15-8-4-13(5-9-15)2-3-14-6-10-16(11-7-14)19-12-18/h2-11,17-18H,12H2,1H3/b3-2+. The molecule has 0 aliphatic carbocycles. The molecule has 0 atom stereocenters. The third-order valence-corrected chi connectivity index (χ3v) is 2.78. The summed E-state index contributed by atoms with van der Waals surface area (Å²) in [5.74, 6) is 0.665. The molecule has 2 aromatic rings. The lowest BCUT2D eigenvalue weighted by Crippen LogP contribution is -1.93. The lowest BCUT2D eigenvalue weighted by molar-refractivity contribution is 0.0985. The number of benzene rings is 2.